The zero-order chi connectivity index (χ0) is 39.6. The molecular formula is C35H35F4N9O7. The second kappa shape index (κ2) is 15.6. The van der Waals surface area contributed by atoms with Crippen molar-refractivity contribution in [2.75, 3.05) is 49.2 Å². The number of ether oxygens (including phenoxy) is 1. The lowest BCUT2D eigenvalue weighted by atomic mass is 9.97. The van der Waals surface area contributed by atoms with E-state index < -0.39 is 65.0 Å². The van der Waals surface area contributed by atoms with Gasteiger partial charge in [0.2, 0.25) is 17.8 Å². The number of hydrogen-bond donors (Lipinski definition) is 5. The van der Waals surface area contributed by atoms with E-state index in [4.69, 9.17) is 4.74 Å². The van der Waals surface area contributed by atoms with Crippen LogP contribution in [0.3, 0.4) is 0 Å². The van der Waals surface area contributed by atoms with Crippen molar-refractivity contribution in [2.45, 2.75) is 44.8 Å². The number of amides is 7. The van der Waals surface area contributed by atoms with Crippen LogP contribution >= 0.6 is 0 Å². The second-order valence-corrected chi connectivity index (χ2v) is 12.9. The number of alkyl halides is 3. The molecule has 290 valence electrons. The Morgan fingerprint density at radius 3 is 2.45 bits per heavy atom. The van der Waals surface area contributed by atoms with Crippen LogP contribution in [0.1, 0.15) is 69.2 Å². The Labute approximate surface area is 310 Å². The van der Waals surface area contributed by atoms with Crippen LogP contribution in [-0.4, -0.2) is 94.7 Å². The van der Waals surface area contributed by atoms with Gasteiger partial charge in [-0.1, -0.05) is 6.07 Å². The van der Waals surface area contributed by atoms with E-state index in [9.17, 15) is 41.9 Å². The van der Waals surface area contributed by atoms with E-state index in [1.807, 2.05) is 0 Å². The van der Waals surface area contributed by atoms with Crippen molar-refractivity contribution in [1.29, 1.82) is 0 Å². The molecule has 0 bridgehead atoms. The maximum atomic E-state index is 15.2. The van der Waals surface area contributed by atoms with E-state index >= 15 is 4.39 Å². The van der Waals surface area contributed by atoms with Gasteiger partial charge in [0.15, 0.2) is 0 Å². The summed E-state index contributed by atoms with van der Waals surface area (Å²) in [6.07, 6.45) is -3.22. The lowest BCUT2D eigenvalue weighted by Crippen LogP contribution is -2.54. The molecule has 1 aromatic heterocycles. The van der Waals surface area contributed by atoms with E-state index in [-0.39, 0.29) is 84.7 Å². The normalized spacial score (nSPS) is 17.5. The van der Waals surface area contributed by atoms with Gasteiger partial charge in [-0.15, -0.1) is 0 Å². The Kier molecular flexibility index (Phi) is 10.9. The minimum absolute atomic E-state index is 0.00169. The maximum Gasteiger partial charge on any atom is 0.421 e. The van der Waals surface area contributed by atoms with Crippen LogP contribution in [0.25, 0.3) is 0 Å². The third-order valence-electron chi connectivity index (χ3n) is 9.38. The fourth-order valence-corrected chi connectivity index (χ4v) is 6.55. The van der Waals surface area contributed by atoms with Gasteiger partial charge in [-0.3, -0.25) is 34.2 Å². The monoisotopic (exact) mass is 769 g/mol. The number of likely N-dealkylation sites (tertiary alicyclic amines) is 1. The Bertz CT molecular complexity index is 2070. The van der Waals surface area contributed by atoms with Crippen LogP contribution in [0.15, 0.2) is 36.5 Å². The minimum Gasteiger partial charge on any atom is -0.495 e. The predicted octanol–water partition coefficient (Wildman–Crippen LogP) is 3.89. The van der Waals surface area contributed by atoms with Gasteiger partial charge in [-0.05, 0) is 50.3 Å². The third-order valence-corrected chi connectivity index (χ3v) is 9.38. The van der Waals surface area contributed by atoms with Crippen molar-refractivity contribution in [2.24, 2.45) is 5.92 Å². The molecule has 3 aliphatic heterocycles. The van der Waals surface area contributed by atoms with Gasteiger partial charge >= 0.3 is 12.2 Å². The summed E-state index contributed by atoms with van der Waals surface area (Å²) in [7, 11) is 1.26. The number of halogens is 4. The summed E-state index contributed by atoms with van der Waals surface area (Å²) in [4.78, 5) is 86.7. The van der Waals surface area contributed by atoms with Gasteiger partial charge < -0.3 is 30.9 Å². The number of anilines is 4. The molecule has 2 fully saturated rings. The van der Waals surface area contributed by atoms with Crippen molar-refractivity contribution >= 4 is 58.7 Å². The first-order valence-electron chi connectivity index (χ1n) is 17.2. The molecule has 2 aromatic carbocycles. The molecule has 2 saturated heterocycles. The van der Waals surface area contributed by atoms with Crippen molar-refractivity contribution in [1.82, 2.24) is 30.4 Å². The van der Waals surface area contributed by atoms with Crippen LogP contribution in [0.5, 0.6) is 5.75 Å². The average molecular weight is 770 g/mol. The van der Waals surface area contributed by atoms with E-state index in [1.165, 1.54) is 30.2 Å². The summed E-state index contributed by atoms with van der Waals surface area (Å²) < 4.78 is 60.6. The summed E-state index contributed by atoms with van der Waals surface area (Å²) in [5.74, 6) is -5.22. The van der Waals surface area contributed by atoms with Gasteiger partial charge in [-0.2, -0.15) is 18.2 Å². The summed E-state index contributed by atoms with van der Waals surface area (Å²) in [5.41, 5.74) is -1.40. The van der Waals surface area contributed by atoms with Crippen molar-refractivity contribution in [3.05, 3.63) is 64.6 Å². The molecule has 6 rings (SSSR count). The number of hydrogen-bond acceptors (Lipinski definition) is 11. The number of imide groups is 2. The summed E-state index contributed by atoms with van der Waals surface area (Å²) in [5, 5.41) is 12.7. The number of fused-ring (bicyclic) bond motifs is 1. The number of benzene rings is 2. The van der Waals surface area contributed by atoms with Crippen LogP contribution < -0.4 is 31.3 Å². The summed E-state index contributed by atoms with van der Waals surface area (Å²) >= 11 is 0. The highest BCUT2D eigenvalue weighted by Crippen LogP contribution is 2.36. The number of urea groups is 1. The zero-order valence-electron chi connectivity index (χ0n) is 29.4. The largest absolute Gasteiger partial charge is 0.495 e. The van der Waals surface area contributed by atoms with Crippen LogP contribution in [0.2, 0.25) is 0 Å². The van der Waals surface area contributed by atoms with Gasteiger partial charge in [0.1, 0.15) is 29.0 Å². The first kappa shape index (κ1) is 38.4. The van der Waals surface area contributed by atoms with Gasteiger partial charge in [-0.25, -0.2) is 14.2 Å². The number of nitrogens with one attached hydrogen (secondary N) is 5. The van der Waals surface area contributed by atoms with Crippen LogP contribution in [-0.2, 0) is 15.8 Å². The van der Waals surface area contributed by atoms with E-state index in [0.29, 0.717) is 19.0 Å². The third kappa shape index (κ3) is 7.97. The smallest absolute Gasteiger partial charge is 0.421 e. The van der Waals surface area contributed by atoms with Crippen LogP contribution in [0, 0.1) is 11.7 Å². The molecule has 1 atom stereocenters. The first-order valence-corrected chi connectivity index (χ1v) is 17.2. The second-order valence-electron chi connectivity index (χ2n) is 12.9. The number of rotatable bonds is 10. The lowest BCUT2D eigenvalue weighted by molar-refractivity contribution is -0.138. The number of carbonyl (C=O) groups is 6. The Morgan fingerprint density at radius 2 is 1.78 bits per heavy atom. The van der Waals surface area contributed by atoms with Gasteiger partial charge in [0.25, 0.3) is 17.7 Å². The highest BCUT2D eigenvalue weighted by molar-refractivity contribution is 6.26. The highest BCUT2D eigenvalue weighted by atomic mass is 19.4. The van der Waals surface area contributed by atoms with Crippen molar-refractivity contribution < 1.29 is 51.1 Å². The molecule has 5 N–H and O–H groups in total. The molecule has 4 heterocycles. The predicted molar refractivity (Wildman–Crippen MR) is 186 cm³/mol. The Hall–Kier alpha value is -6.34. The van der Waals surface area contributed by atoms with E-state index in [0.717, 1.165) is 17.0 Å². The first-order chi connectivity index (χ1) is 26.2. The SMILES string of the molecule is CCNc1nc(Nc2cc(F)c(C(=O)NCC3CCN(C(=O)Nc4cccc5c4C(=O)N(C4CCC(=O)NC4=O)C5=O)CC3)cc2OC)ncc1C(F)(F)F. The van der Waals surface area contributed by atoms with Gasteiger partial charge in [0.05, 0.1) is 35.2 Å². The maximum absolute atomic E-state index is 15.2. The molecule has 7 amide bonds. The molecule has 55 heavy (non-hydrogen) atoms. The molecule has 0 aliphatic carbocycles. The van der Waals surface area contributed by atoms with E-state index in [1.54, 1.807) is 6.92 Å². The molecule has 3 aromatic rings. The molecule has 3 aliphatic rings. The topological polar surface area (TPSA) is 204 Å². The fraction of sp³-hybridized carbons (Fsp3) is 0.371. The van der Waals surface area contributed by atoms with Crippen LogP contribution in [0.4, 0.5) is 45.5 Å². The molecule has 0 saturated carbocycles. The number of aromatic nitrogens is 2. The molecule has 0 spiro atoms. The molecule has 1 unspecified atom stereocenters. The highest BCUT2D eigenvalue weighted by Gasteiger charge is 2.46. The number of carbonyl (C=O) groups excluding carboxylic acids is 6. The fourth-order valence-electron chi connectivity index (χ4n) is 6.55. The van der Waals surface area contributed by atoms with Crippen molar-refractivity contribution in [3.63, 3.8) is 0 Å². The summed E-state index contributed by atoms with van der Waals surface area (Å²) in [6.45, 7) is 2.45. The Morgan fingerprint density at radius 1 is 1.04 bits per heavy atom. The lowest BCUT2D eigenvalue weighted by Gasteiger charge is -2.32. The number of methoxy groups -OCH3 is 1. The molecule has 16 nitrogen and oxygen atoms in total. The van der Waals surface area contributed by atoms with Crippen molar-refractivity contribution in [3.8, 4) is 5.75 Å². The molecule has 20 heteroatoms. The average Bonchev–Trinajstić information content (AvgIpc) is 3.40. The summed E-state index contributed by atoms with van der Waals surface area (Å²) in [6, 6.07) is 4.78. The standard InChI is InChI=1S/C35H35F4N9O7/c1-3-40-28-20(35(37,38)39)16-42-33(46-28)43-23-14-21(36)19(13-25(23)55-2)29(50)41-15-17-9-11-47(12-10-17)34(54)44-22-6-4-5-18-27(22)32(53)48(31(18)52)24-7-8-26(49)45-30(24)51/h4-6,13-14,16-17,24H,3,7-12,15H2,1-2H3,(H,41,50)(H,44,54)(H,45,49,51)(H2,40,42,43,46). The Balaban J connectivity index is 1.03. The quantitative estimate of drug-likeness (QED) is 0.148. The minimum atomic E-state index is -4.71. The van der Waals surface area contributed by atoms with E-state index in [2.05, 4.69) is 36.6 Å². The number of piperidine rings is 2. The molecule has 0 radical (unpaired) electrons. The zero-order valence-corrected chi connectivity index (χ0v) is 29.4. The number of nitrogens with zero attached hydrogens (tertiary/aromatic N) is 4. The molecular weight excluding hydrogens is 734 g/mol. The van der Waals surface area contributed by atoms with Gasteiger partial charge in [0, 0.05) is 44.9 Å².